The number of carbonyl (C=O) groups is 1. The van der Waals surface area contributed by atoms with E-state index in [9.17, 15) is 9.00 Å². The third kappa shape index (κ3) is 3.22. The van der Waals surface area contributed by atoms with Crippen LogP contribution < -0.4 is 14.9 Å². The lowest BCUT2D eigenvalue weighted by molar-refractivity contribution is 0.0294. The first-order valence-electron chi connectivity index (χ1n) is 11.9. The molecule has 4 aliphatic rings. The number of fused-ring (bicyclic) bond motifs is 2. The van der Waals surface area contributed by atoms with Crippen LogP contribution in [0.4, 0.5) is 5.69 Å². The zero-order valence-corrected chi connectivity index (χ0v) is 20.3. The van der Waals surface area contributed by atoms with E-state index in [1.165, 1.54) is 0 Å². The number of rotatable bonds is 4. The first-order valence-corrected chi connectivity index (χ1v) is 13.5. The third-order valence-corrected chi connectivity index (χ3v) is 10.3. The third-order valence-electron chi connectivity index (χ3n) is 7.48. The maximum absolute atomic E-state index is 14.0. The van der Waals surface area contributed by atoms with Crippen molar-refractivity contribution in [1.29, 1.82) is 0 Å². The number of imidazole rings is 1. The monoisotopic (exact) mass is 472 g/mol. The Hall–Kier alpha value is -2.14. The molecule has 2 aromatic heterocycles. The number of nitrogens with zero attached hydrogens (tertiary/aromatic N) is 4. The topological polar surface area (TPSA) is 91.2 Å². The van der Waals surface area contributed by atoms with Gasteiger partial charge in [0.15, 0.2) is 0 Å². The van der Waals surface area contributed by atoms with Crippen molar-refractivity contribution in [2.24, 2.45) is 0 Å². The summed E-state index contributed by atoms with van der Waals surface area (Å²) in [7, 11) is -2.44. The smallest absolute Gasteiger partial charge is 0.290 e. The van der Waals surface area contributed by atoms with Gasteiger partial charge in [0.1, 0.15) is 0 Å². The second-order valence-electron chi connectivity index (χ2n) is 9.87. The lowest BCUT2D eigenvalue weighted by atomic mass is 10.1. The number of anilines is 1. The van der Waals surface area contributed by atoms with Gasteiger partial charge in [-0.25, -0.2) is 13.9 Å². The minimum atomic E-state index is -2.44. The molecule has 9 nitrogen and oxygen atoms in total. The van der Waals surface area contributed by atoms with E-state index in [4.69, 9.17) is 4.74 Å². The molecule has 1 saturated carbocycles. The molecule has 3 fully saturated rings. The van der Waals surface area contributed by atoms with Crippen LogP contribution in [-0.2, 0) is 14.4 Å². The highest BCUT2D eigenvalue weighted by Gasteiger charge is 2.62. The average molecular weight is 473 g/mol. The van der Waals surface area contributed by atoms with Gasteiger partial charge in [0.05, 0.1) is 50.8 Å². The Kier molecular flexibility index (Phi) is 4.82. The normalized spacial score (nSPS) is 33.7. The highest BCUT2D eigenvalue weighted by atomic mass is 32.2. The minimum absolute atomic E-state index is 0.0360. The molecule has 178 valence electrons. The first kappa shape index (κ1) is 21.4. The molecule has 3 aliphatic heterocycles. The minimum Gasteiger partial charge on any atom is -0.378 e. The van der Waals surface area contributed by atoms with Crippen molar-refractivity contribution in [3.05, 3.63) is 24.3 Å². The van der Waals surface area contributed by atoms with Crippen LogP contribution in [0.15, 0.2) is 23.4 Å². The fraction of sp³-hybridized carbons (Fsp3) is 0.609. The Morgan fingerprint density at radius 1 is 1.27 bits per heavy atom. The lowest BCUT2D eigenvalue weighted by Gasteiger charge is -2.38. The summed E-state index contributed by atoms with van der Waals surface area (Å²) in [4.78, 5) is 23.9. The number of nitrogens with one attached hydrogen (secondary N) is 2. The van der Waals surface area contributed by atoms with Gasteiger partial charge in [-0.05, 0) is 26.3 Å². The standard InChI is InChI=1S/C23H32N6O3S/c1-4-23-10-20(23)33(31,26-23)17-9-18(28-12-15(2)25-16(3)13-28)19-11-24-21(29(19)14-17)22(30)27-5-7-32-8-6-27/h9,11,14-16,25H,4-8,10,12-13H2,1-3H3,(H,26,31)/t15-,16-,23?,33?/m0/s1. The van der Waals surface area contributed by atoms with Gasteiger partial charge in [-0.1, -0.05) is 6.92 Å². The van der Waals surface area contributed by atoms with Crippen molar-refractivity contribution in [2.45, 2.75) is 56.1 Å². The van der Waals surface area contributed by atoms with Gasteiger partial charge in [0, 0.05) is 55.7 Å². The molecule has 4 atom stereocenters. The molecule has 2 unspecified atom stereocenters. The van der Waals surface area contributed by atoms with Crippen LogP contribution in [0, 0.1) is 0 Å². The van der Waals surface area contributed by atoms with Gasteiger partial charge in [-0.3, -0.25) is 9.20 Å². The molecule has 0 bridgehead atoms. The van der Waals surface area contributed by atoms with E-state index >= 15 is 0 Å². The van der Waals surface area contributed by atoms with E-state index in [0.29, 0.717) is 44.2 Å². The predicted octanol–water partition coefficient (Wildman–Crippen LogP) is 0.880. The summed E-state index contributed by atoms with van der Waals surface area (Å²) in [5.41, 5.74) is 1.83. The summed E-state index contributed by atoms with van der Waals surface area (Å²) in [5, 5.41) is 3.58. The molecule has 0 spiro atoms. The summed E-state index contributed by atoms with van der Waals surface area (Å²) in [6.45, 7) is 10.4. The molecule has 10 heteroatoms. The average Bonchev–Trinajstić information content (AvgIpc) is 3.24. The number of piperazine rings is 1. The SMILES string of the molecule is CCC12CC1=S(=O)(c1cc(N3C[C@H](C)N[C@@H](C)C3)c3cnc(C(=O)N4CCOCC4)n3c1)N2. The van der Waals surface area contributed by atoms with E-state index in [2.05, 4.69) is 46.8 Å². The molecule has 2 aromatic rings. The van der Waals surface area contributed by atoms with Crippen LogP contribution in [0.25, 0.3) is 5.52 Å². The van der Waals surface area contributed by atoms with Crippen molar-refractivity contribution < 1.29 is 13.7 Å². The number of ether oxygens (including phenoxy) is 1. The van der Waals surface area contributed by atoms with Crippen LogP contribution in [0.1, 0.15) is 44.2 Å². The first-order chi connectivity index (χ1) is 15.8. The van der Waals surface area contributed by atoms with Gasteiger partial charge in [-0.2, -0.15) is 0 Å². The maximum atomic E-state index is 14.0. The van der Waals surface area contributed by atoms with Crippen LogP contribution in [0.2, 0.25) is 0 Å². The van der Waals surface area contributed by atoms with E-state index in [1.807, 2.05) is 10.6 Å². The highest BCUT2D eigenvalue weighted by molar-refractivity contribution is 8.03. The number of amides is 1. The fourth-order valence-corrected chi connectivity index (χ4v) is 8.63. The fourth-order valence-electron chi connectivity index (χ4n) is 5.64. The Morgan fingerprint density at radius 3 is 2.64 bits per heavy atom. The van der Waals surface area contributed by atoms with Crippen molar-refractivity contribution >= 4 is 31.7 Å². The van der Waals surface area contributed by atoms with Crippen LogP contribution in [0.5, 0.6) is 0 Å². The van der Waals surface area contributed by atoms with Crippen LogP contribution in [0.3, 0.4) is 0 Å². The van der Waals surface area contributed by atoms with Gasteiger partial charge in [-0.15, -0.1) is 0 Å². The molecule has 2 N–H and O–H groups in total. The van der Waals surface area contributed by atoms with Gasteiger partial charge < -0.3 is 19.9 Å². The summed E-state index contributed by atoms with van der Waals surface area (Å²) < 4.78 is 24.6. The maximum Gasteiger partial charge on any atom is 0.290 e. The zero-order valence-electron chi connectivity index (χ0n) is 19.5. The van der Waals surface area contributed by atoms with Crippen molar-refractivity contribution in [2.75, 3.05) is 44.3 Å². The molecular weight excluding hydrogens is 440 g/mol. The van der Waals surface area contributed by atoms with Gasteiger partial charge in [0.2, 0.25) is 5.82 Å². The van der Waals surface area contributed by atoms with Crippen molar-refractivity contribution in [3.63, 3.8) is 0 Å². The Bertz CT molecular complexity index is 1250. The molecule has 0 aromatic carbocycles. The number of carbonyl (C=O) groups excluding carboxylic acids is 1. The van der Waals surface area contributed by atoms with Crippen molar-refractivity contribution in [1.82, 2.24) is 24.3 Å². The molecule has 5 heterocycles. The highest BCUT2D eigenvalue weighted by Crippen LogP contribution is 2.48. The van der Waals surface area contributed by atoms with Gasteiger partial charge in [0.25, 0.3) is 5.91 Å². The quantitative estimate of drug-likeness (QED) is 0.642. The number of pyridine rings is 1. The summed E-state index contributed by atoms with van der Waals surface area (Å²) in [5.74, 6) is 0.262. The predicted molar refractivity (Wildman–Crippen MR) is 128 cm³/mol. The van der Waals surface area contributed by atoms with Gasteiger partial charge >= 0.3 is 0 Å². The molecule has 2 saturated heterocycles. The van der Waals surface area contributed by atoms with E-state index in [0.717, 1.165) is 46.9 Å². The number of morpholine rings is 1. The van der Waals surface area contributed by atoms with Crippen LogP contribution in [-0.4, -0.2) is 86.3 Å². The molecule has 6 rings (SSSR count). The second-order valence-corrected chi connectivity index (χ2v) is 12.2. The Balaban J connectivity index is 1.49. The van der Waals surface area contributed by atoms with Crippen LogP contribution >= 0.6 is 0 Å². The molecule has 1 amide bonds. The molecule has 0 radical (unpaired) electrons. The largest absolute Gasteiger partial charge is 0.378 e. The summed E-state index contributed by atoms with van der Waals surface area (Å²) in [6, 6.07) is 2.72. The number of hydrogen-bond donors (Lipinski definition) is 2. The van der Waals surface area contributed by atoms with E-state index in [1.54, 1.807) is 11.1 Å². The number of hydrogen-bond acceptors (Lipinski definition) is 6. The summed E-state index contributed by atoms with van der Waals surface area (Å²) >= 11 is 0. The van der Waals surface area contributed by atoms with Crippen molar-refractivity contribution in [3.8, 4) is 0 Å². The molecular formula is C23H32N6O3S. The Labute approximate surface area is 194 Å². The Morgan fingerprint density at radius 2 is 2.00 bits per heavy atom. The second kappa shape index (κ2) is 7.43. The lowest BCUT2D eigenvalue weighted by Crippen LogP contribution is -2.54. The molecule has 33 heavy (non-hydrogen) atoms. The van der Waals surface area contributed by atoms with E-state index in [-0.39, 0.29) is 11.4 Å². The zero-order chi connectivity index (χ0) is 23.0. The summed E-state index contributed by atoms with van der Waals surface area (Å²) in [6.07, 6.45) is 5.48. The van der Waals surface area contributed by atoms with E-state index < -0.39 is 9.71 Å². The number of aromatic nitrogens is 2. The molecule has 1 aliphatic carbocycles.